The van der Waals surface area contributed by atoms with E-state index in [2.05, 4.69) is 0 Å². The molecule has 0 aliphatic heterocycles. The number of amides is 1. The minimum Gasteiger partial charge on any atom is -0.351 e. The van der Waals surface area contributed by atoms with Gasteiger partial charge in [0, 0.05) is 6.54 Å². The van der Waals surface area contributed by atoms with Gasteiger partial charge in [0.05, 0.1) is 0 Å². The first-order valence-electron chi connectivity index (χ1n) is 7.06. The molecule has 0 radical (unpaired) electrons. The van der Waals surface area contributed by atoms with Gasteiger partial charge in [-0.05, 0) is 12.3 Å². The maximum atomic E-state index is 13.2. The van der Waals surface area contributed by atoms with Crippen LogP contribution in [-0.2, 0) is 4.79 Å². The van der Waals surface area contributed by atoms with Crippen molar-refractivity contribution in [2.75, 3.05) is 6.54 Å². The molecule has 0 saturated heterocycles. The Kier molecular flexibility index (Phi) is 6.09. The van der Waals surface area contributed by atoms with Crippen molar-refractivity contribution in [2.45, 2.75) is 63.0 Å². The largest absolute Gasteiger partial charge is 0.395 e. The second-order valence-corrected chi connectivity index (χ2v) is 5.62. The molecule has 1 rings (SSSR count). The van der Waals surface area contributed by atoms with E-state index in [1.165, 1.54) is 0 Å². The molecule has 1 aliphatic rings. The van der Waals surface area contributed by atoms with Crippen LogP contribution in [0.25, 0.3) is 0 Å². The van der Waals surface area contributed by atoms with Crippen molar-refractivity contribution in [1.29, 1.82) is 0 Å². The molecular weight excluding hydrogens is 319 g/mol. The predicted molar refractivity (Wildman–Crippen MR) is 64.8 cm³/mol. The van der Waals surface area contributed by atoms with E-state index < -0.39 is 30.3 Å². The van der Waals surface area contributed by atoms with Gasteiger partial charge >= 0.3 is 18.0 Å². The van der Waals surface area contributed by atoms with Crippen molar-refractivity contribution < 1.29 is 35.5 Å². The summed E-state index contributed by atoms with van der Waals surface area (Å²) in [6, 6.07) is 0. The van der Waals surface area contributed by atoms with Crippen LogP contribution < -0.4 is 5.32 Å². The van der Waals surface area contributed by atoms with Crippen LogP contribution in [0, 0.1) is 5.92 Å². The Morgan fingerprint density at radius 3 is 2.00 bits per heavy atom. The summed E-state index contributed by atoms with van der Waals surface area (Å²) in [4.78, 5) is 11.1. The van der Waals surface area contributed by atoms with Gasteiger partial charge in [-0.25, -0.2) is 0 Å². The van der Waals surface area contributed by atoms with Crippen LogP contribution >= 0.6 is 0 Å². The summed E-state index contributed by atoms with van der Waals surface area (Å²) >= 11 is 0. The lowest BCUT2D eigenvalue weighted by atomic mass is 9.87. The average Bonchev–Trinajstić information content (AvgIpc) is 2.36. The maximum absolute atomic E-state index is 13.2. The average molecular weight is 337 g/mol. The van der Waals surface area contributed by atoms with E-state index in [0.717, 1.165) is 32.1 Å². The molecule has 0 unspecified atom stereocenters. The van der Waals surface area contributed by atoms with E-state index in [1.54, 1.807) is 5.32 Å². The first kappa shape index (κ1) is 19.0. The molecule has 0 heterocycles. The number of carbonyl (C=O) groups is 1. The van der Waals surface area contributed by atoms with Gasteiger partial charge in [-0.3, -0.25) is 4.79 Å². The molecule has 1 saturated carbocycles. The molecule has 22 heavy (non-hydrogen) atoms. The number of halogens is 7. The fourth-order valence-corrected chi connectivity index (χ4v) is 2.51. The fourth-order valence-electron chi connectivity index (χ4n) is 2.51. The summed E-state index contributed by atoms with van der Waals surface area (Å²) in [7, 11) is 0. The van der Waals surface area contributed by atoms with Crippen LogP contribution in [0.4, 0.5) is 30.7 Å². The normalized spacial score (nSPS) is 18.3. The van der Waals surface area contributed by atoms with E-state index in [-0.39, 0.29) is 12.5 Å². The van der Waals surface area contributed by atoms with Crippen molar-refractivity contribution >= 4 is 5.91 Å². The molecule has 1 N–H and O–H groups in total. The number of carbonyl (C=O) groups excluding carboxylic acids is 1. The van der Waals surface area contributed by atoms with Gasteiger partial charge in [-0.2, -0.15) is 30.7 Å². The Bertz CT molecular complexity index is 375. The molecule has 1 amide bonds. The molecule has 130 valence electrons. The standard InChI is InChI=1S/C13H18F7NO/c14-11(15,8-12(16,17)18)13(19,20)10(22)21-7-6-9-4-2-1-3-5-9/h9H,1-8H2,(H,21,22). The summed E-state index contributed by atoms with van der Waals surface area (Å²) in [5.74, 6) is -13.0. The second kappa shape index (κ2) is 7.04. The summed E-state index contributed by atoms with van der Waals surface area (Å²) < 4.78 is 88.1. The molecule has 1 aliphatic carbocycles. The molecule has 0 atom stereocenters. The highest BCUT2D eigenvalue weighted by molar-refractivity contribution is 5.84. The van der Waals surface area contributed by atoms with Gasteiger partial charge < -0.3 is 5.32 Å². The van der Waals surface area contributed by atoms with Crippen molar-refractivity contribution in [2.24, 2.45) is 5.92 Å². The predicted octanol–water partition coefficient (Wildman–Crippen LogP) is 4.30. The Morgan fingerprint density at radius 2 is 1.50 bits per heavy atom. The Morgan fingerprint density at radius 1 is 0.955 bits per heavy atom. The van der Waals surface area contributed by atoms with Crippen LogP contribution in [0.5, 0.6) is 0 Å². The third-order valence-electron chi connectivity index (χ3n) is 3.73. The molecular formula is C13H18F7NO. The molecule has 0 aromatic carbocycles. The Hall–Kier alpha value is -1.02. The zero-order valence-corrected chi connectivity index (χ0v) is 11.8. The van der Waals surface area contributed by atoms with Crippen molar-refractivity contribution in [3.8, 4) is 0 Å². The summed E-state index contributed by atoms with van der Waals surface area (Å²) in [6.07, 6.45) is -3.39. The molecule has 0 aromatic rings. The Labute approximate surface area is 123 Å². The topological polar surface area (TPSA) is 29.1 Å². The SMILES string of the molecule is O=C(NCCC1CCCCC1)C(F)(F)C(F)(F)CC(F)(F)F. The molecule has 0 aromatic heterocycles. The van der Waals surface area contributed by atoms with E-state index in [4.69, 9.17) is 0 Å². The quantitative estimate of drug-likeness (QED) is 0.720. The van der Waals surface area contributed by atoms with Crippen LogP contribution in [0.3, 0.4) is 0 Å². The van der Waals surface area contributed by atoms with Gasteiger partial charge in [-0.15, -0.1) is 0 Å². The highest BCUT2D eigenvalue weighted by Crippen LogP contribution is 2.42. The number of hydrogen-bond acceptors (Lipinski definition) is 1. The fraction of sp³-hybridized carbons (Fsp3) is 0.923. The minimum absolute atomic E-state index is 0.221. The van der Waals surface area contributed by atoms with Crippen molar-refractivity contribution in [3.05, 3.63) is 0 Å². The maximum Gasteiger partial charge on any atom is 0.395 e. The van der Waals surface area contributed by atoms with Crippen LogP contribution in [0.15, 0.2) is 0 Å². The zero-order chi connectivity index (χ0) is 17.0. The number of alkyl halides is 7. The Balaban J connectivity index is 2.50. The third-order valence-corrected chi connectivity index (χ3v) is 3.73. The zero-order valence-electron chi connectivity index (χ0n) is 11.8. The smallest absolute Gasteiger partial charge is 0.351 e. The monoisotopic (exact) mass is 337 g/mol. The molecule has 9 heteroatoms. The highest BCUT2D eigenvalue weighted by Gasteiger charge is 2.65. The molecule has 0 spiro atoms. The number of hydrogen-bond donors (Lipinski definition) is 1. The molecule has 2 nitrogen and oxygen atoms in total. The van der Waals surface area contributed by atoms with Crippen molar-refractivity contribution in [3.63, 3.8) is 0 Å². The lowest BCUT2D eigenvalue weighted by molar-refractivity contribution is -0.255. The van der Waals surface area contributed by atoms with E-state index >= 15 is 0 Å². The van der Waals surface area contributed by atoms with E-state index in [1.807, 2.05) is 0 Å². The second-order valence-electron chi connectivity index (χ2n) is 5.62. The van der Waals surface area contributed by atoms with E-state index in [0.29, 0.717) is 6.42 Å². The summed E-state index contributed by atoms with van der Waals surface area (Å²) in [5.41, 5.74) is 0. The van der Waals surface area contributed by atoms with Crippen molar-refractivity contribution in [1.82, 2.24) is 5.32 Å². The number of nitrogens with one attached hydrogen (secondary N) is 1. The van der Waals surface area contributed by atoms with Gasteiger partial charge in [-0.1, -0.05) is 32.1 Å². The minimum atomic E-state index is -5.49. The first-order chi connectivity index (χ1) is 9.96. The lowest BCUT2D eigenvalue weighted by Gasteiger charge is -2.27. The van der Waals surface area contributed by atoms with Crippen LogP contribution in [-0.4, -0.2) is 30.5 Å². The number of rotatable bonds is 6. The molecule has 1 fully saturated rings. The lowest BCUT2D eigenvalue weighted by Crippen LogP contribution is -2.54. The van der Waals surface area contributed by atoms with Gasteiger partial charge in [0.15, 0.2) is 0 Å². The highest BCUT2D eigenvalue weighted by atomic mass is 19.4. The third kappa shape index (κ3) is 5.31. The summed E-state index contributed by atoms with van der Waals surface area (Å²) in [5, 5.41) is 1.63. The van der Waals surface area contributed by atoms with Crippen LogP contribution in [0.1, 0.15) is 44.9 Å². The van der Waals surface area contributed by atoms with Gasteiger partial charge in [0.25, 0.3) is 5.91 Å². The summed E-state index contributed by atoms with van der Waals surface area (Å²) in [6.45, 7) is -0.249. The van der Waals surface area contributed by atoms with Crippen LogP contribution in [0.2, 0.25) is 0 Å². The van der Waals surface area contributed by atoms with Gasteiger partial charge in [0.2, 0.25) is 0 Å². The van der Waals surface area contributed by atoms with Gasteiger partial charge in [0.1, 0.15) is 6.42 Å². The van der Waals surface area contributed by atoms with E-state index in [9.17, 15) is 35.5 Å². The molecule has 0 bridgehead atoms. The first-order valence-corrected chi connectivity index (χ1v) is 7.06.